The minimum Gasteiger partial charge on any atom is -0.299 e. The molecule has 3 nitrogen and oxygen atoms in total. The number of nitrogens with zero attached hydrogens (tertiary/aromatic N) is 2. The largest absolute Gasteiger partial charge is 0.299 e. The Labute approximate surface area is 101 Å². The lowest BCUT2D eigenvalue weighted by atomic mass is 9.96. The first-order valence-corrected chi connectivity index (χ1v) is 6.19. The summed E-state index contributed by atoms with van der Waals surface area (Å²) in [4.78, 5) is 2.26. The van der Waals surface area contributed by atoms with Crippen molar-refractivity contribution in [2.75, 3.05) is 20.1 Å². The van der Waals surface area contributed by atoms with Crippen LogP contribution in [0.3, 0.4) is 0 Å². The molecule has 0 saturated heterocycles. The van der Waals surface area contributed by atoms with E-state index in [2.05, 4.69) is 51.0 Å². The average molecular weight is 225 g/mol. The number of nitriles is 1. The monoisotopic (exact) mass is 225 g/mol. The molecule has 0 heterocycles. The second-order valence-corrected chi connectivity index (χ2v) is 5.39. The van der Waals surface area contributed by atoms with Gasteiger partial charge in [0.2, 0.25) is 0 Å². The minimum atomic E-state index is -0.447. The first kappa shape index (κ1) is 15.4. The van der Waals surface area contributed by atoms with Crippen molar-refractivity contribution < 1.29 is 0 Å². The number of hydrogen-bond donors (Lipinski definition) is 1. The highest BCUT2D eigenvalue weighted by Gasteiger charge is 2.30. The Hall–Kier alpha value is -0.590. The van der Waals surface area contributed by atoms with Gasteiger partial charge in [-0.25, -0.2) is 0 Å². The van der Waals surface area contributed by atoms with Gasteiger partial charge in [0.05, 0.1) is 6.07 Å². The van der Waals surface area contributed by atoms with E-state index in [0.717, 1.165) is 25.9 Å². The Kier molecular flexibility index (Phi) is 5.99. The fourth-order valence-corrected chi connectivity index (χ4v) is 1.49. The molecule has 0 rings (SSSR count). The van der Waals surface area contributed by atoms with Crippen molar-refractivity contribution in [3.05, 3.63) is 0 Å². The second kappa shape index (κ2) is 6.22. The molecule has 0 aliphatic carbocycles. The molecule has 1 unspecified atom stereocenters. The van der Waals surface area contributed by atoms with Gasteiger partial charge in [0.1, 0.15) is 5.54 Å². The van der Waals surface area contributed by atoms with Crippen LogP contribution in [0.25, 0.3) is 0 Å². The SMILES string of the molecule is CCCNC(C)(C#N)CN(C)C(C)(C)CC. The molecule has 0 saturated carbocycles. The summed E-state index contributed by atoms with van der Waals surface area (Å²) >= 11 is 0. The molecule has 0 radical (unpaired) electrons. The molecule has 3 heteroatoms. The summed E-state index contributed by atoms with van der Waals surface area (Å²) in [5, 5.41) is 12.6. The predicted molar refractivity (Wildman–Crippen MR) is 69.3 cm³/mol. The summed E-state index contributed by atoms with van der Waals surface area (Å²) in [6, 6.07) is 2.39. The van der Waals surface area contributed by atoms with Crippen LogP contribution in [0, 0.1) is 11.3 Å². The van der Waals surface area contributed by atoms with Gasteiger partial charge in [-0.1, -0.05) is 13.8 Å². The molecule has 0 spiro atoms. The fraction of sp³-hybridized carbons (Fsp3) is 0.923. The van der Waals surface area contributed by atoms with Crippen LogP contribution in [-0.4, -0.2) is 36.1 Å². The van der Waals surface area contributed by atoms with Crippen LogP contribution < -0.4 is 5.32 Å². The van der Waals surface area contributed by atoms with Gasteiger partial charge in [0.15, 0.2) is 0 Å². The summed E-state index contributed by atoms with van der Waals surface area (Å²) < 4.78 is 0. The molecule has 94 valence electrons. The first-order valence-electron chi connectivity index (χ1n) is 6.19. The summed E-state index contributed by atoms with van der Waals surface area (Å²) in [5.41, 5.74) is -0.302. The van der Waals surface area contributed by atoms with E-state index in [1.807, 2.05) is 6.92 Å². The van der Waals surface area contributed by atoms with Crippen LogP contribution in [0.5, 0.6) is 0 Å². The molecule has 0 aliphatic heterocycles. The van der Waals surface area contributed by atoms with Crippen LogP contribution in [0.1, 0.15) is 47.5 Å². The zero-order chi connectivity index (χ0) is 12.8. The maximum atomic E-state index is 9.26. The molecule has 16 heavy (non-hydrogen) atoms. The van der Waals surface area contributed by atoms with Gasteiger partial charge in [0, 0.05) is 12.1 Å². The lowest BCUT2D eigenvalue weighted by Gasteiger charge is -2.39. The van der Waals surface area contributed by atoms with Crippen molar-refractivity contribution in [2.45, 2.75) is 58.5 Å². The van der Waals surface area contributed by atoms with Crippen molar-refractivity contribution in [1.82, 2.24) is 10.2 Å². The number of nitrogens with one attached hydrogen (secondary N) is 1. The van der Waals surface area contributed by atoms with Crippen LogP contribution in [-0.2, 0) is 0 Å². The van der Waals surface area contributed by atoms with Gasteiger partial charge < -0.3 is 0 Å². The summed E-state index contributed by atoms with van der Waals surface area (Å²) in [6.07, 6.45) is 2.14. The minimum absolute atomic E-state index is 0.145. The molecule has 1 atom stereocenters. The molecule has 0 fully saturated rings. The highest BCUT2D eigenvalue weighted by molar-refractivity contribution is 5.06. The van der Waals surface area contributed by atoms with E-state index in [4.69, 9.17) is 0 Å². The number of rotatable bonds is 7. The predicted octanol–water partition coefficient (Wildman–Crippen LogP) is 2.39. The van der Waals surface area contributed by atoms with Crippen LogP contribution in [0.2, 0.25) is 0 Å². The molecule has 0 bridgehead atoms. The first-order chi connectivity index (χ1) is 7.31. The topological polar surface area (TPSA) is 39.1 Å². The molecular weight excluding hydrogens is 198 g/mol. The van der Waals surface area contributed by atoms with E-state index in [1.165, 1.54) is 0 Å². The van der Waals surface area contributed by atoms with Gasteiger partial charge in [-0.15, -0.1) is 0 Å². The van der Waals surface area contributed by atoms with E-state index in [0.29, 0.717) is 0 Å². The lowest BCUT2D eigenvalue weighted by Crippen LogP contribution is -2.54. The molecule has 0 amide bonds. The van der Waals surface area contributed by atoms with E-state index in [1.54, 1.807) is 0 Å². The number of hydrogen-bond acceptors (Lipinski definition) is 3. The zero-order valence-corrected chi connectivity index (χ0v) is 11.7. The Morgan fingerprint density at radius 3 is 2.19 bits per heavy atom. The highest BCUT2D eigenvalue weighted by atomic mass is 15.2. The maximum absolute atomic E-state index is 9.26. The molecule has 0 aliphatic rings. The maximum Gasteiger partial charge on any atom is 0.116 e. The highest BCUT2D eigenvalue weighted by Crippen LogP contribution is 2.19. The van der Waals surface area contributed by atoms with Gasteiger partial charge in [-0.3, -0.25) is 10.2 Å². The van der Waals surface area contributed by atoms with Crippen molar-refractivity contribution in [3.8, 4) is 6.07 Å². The molecule has 0 aromatic heterocycles. The van der Waals surface area contributed by atoms with Crippen LogP contribution in [0.4, 0.5) is 0 Å². The molecule has 0 aromatic rings. The summed E-state index contributed by atoms with van der Waals surface area (Å²) in [5.74, 6) is 0. The normalized spacial score (nSPS) is 15.9. The molecular formula is C13H27N3. The van der Waals surface area contributed by atoms with Crippen molar-refractivity contribution in [1.29, 1.82) is 5.26 Å². The van der Waals surface area contributed by atoms with Gasteiger partial charge in [0.25, 0.3) is 0 Å². The van der Waals surface area contributed by atoms with Crippen LogP contribution in [0.15, 0.2) is 0 Å². The van der Waals surface area contributed by atoms with E-state index in [-0.39, 0.29) is 5.54 Å². The standard InChI is InChI=1S/C13H27N3/c1-7-9-15-13(5,10-14)11-16(6)12(3,4)8-2/h15H,7-9,11H2,1-6H3. The Morgan fingerprint density at radius 1 is 1.25 bits per heavy atom. The number of likely N-dealkylation sites (N-methyl/N-ethyl adjacent to an activating group) is 1. The fourth-order valence-electron chi connectivity index (χ4n) is 1.49. The lowest BCUT2D eigenvalue weighted by molar-refractivity contribution is 0.124. The third-order valence-corrected chi connectivity index (χ3v) is 3.46. The van der Waals surface area contributed by atoms with Gasteiger partial charge in [-0.05, 0) is 47.2 Å². The second-order valence-electron chi connectivity index (χ2n) is 5.39. The smallest absolute Gasteiger partial charge is 0.116 e. The Balaban J connectivity index is 4.49. The molecule has 0 aromatic carbocycles. The van der Waals surface area contributed by atoms with Gasteiger partial charge >= 0.3 is 0 Å². The average Bonchev–Trinajstić information content (AvgIpc) is 2.26. The Morgan fingerprint density at radius 2 is 1.81 bits per heavy atom. The van der Waals surface area contributed by atoms with Crippen LogP contribution >= 0.6 is 0 Å². The quantitative estimate of drug-likeness (QED) is 0.723. The molecule has 1 N–H and O–H groups in total. The van der Waals surface area contributed by atoms with Crippen molar-refractivity contribution in [2.24, 2.45) is 0 Å². The van der Waals surface area contributed by atoms with E-state index < -0.39 is 5.54 Å². The van der Waals surface area contributed by atoms with E-state index in [9.17, 15) is 5.26 Å². The van der Waals surface area contributed by atoms with Crippen molar-refractivity contribution >= 4 is 0 Å². The Bertz CT molecular complexity index is 242. The van der Waals surface area contributed by atoms with E-state index >= 15 is 0 Å². The van der Waals surface area contributed by atoms with Gasteiger partial charge in [-0.2, -0.15) is 5.26 Å². The summed E-state index contributed by atoms with van der Waals surface area (Å²) in [6.45, 7) is 12.3. The third-order valence-electron chi connectivity index (χ3n) is 3.46. The summed E-state index contributed by atoms with van der Waals surface area (Å²) in [7, 11) is 2.09. The van der Waals surface area contributed by atoms with Crippen molar-refractivity contribution in [3.63, 3.8) is 0 Å². The zero-order valence-electron chi connectivity index (χ0n) is 11.7. The third kappa shape index (κ3) is 4.51.